The number of halogens is 1. The summed E-state index contributed by atoms with van der Waals surface area (Å²) < 4.78 is 35.1. The van der Waals surface area contributed by atoms with Crippen molar-refractivity contribution in [1.82, 2.24) is 4.90 Å². The van der Waals surface area contributed by atoms with Gasteiger partial charge in [0.15, 0.2) is 0 Å². The normalized spacial score (nSPS) is 17.7. The van der Waals surface area contributed by atoms with Crippen LogP contribution in [0.1, 0.15) is 5.56 Å². The smallest absolute Gasteiger partial charge is 0.123 e. The van der Waals surface area contributed by atoms with Crippen molar-refractivity contribution in [3.05, 3.63) is 53.8 Å². The lowest BCUT2D eigenvalue weighted by atomic mass is 10.1. The zero-order chi connectivity index (χ0) is 18.4. The molecule has 26 heavy (non-hydrogen) atoms. The van der Waals surface area contributed by atoms with Crippen LogP contribution in [-0.2, 0) is 11.3 Å². The van der Waals surface area contributed by atoms with E-state index in [2.05, 4.69) is 4.90 Å². The van der Waals surface area contributed by atoms with E-state index in [1.54, 1.807) is 26.4 Å². The van der Waals surface area contributed by atoms with E-state index < -0.39 is 0 Å². The fraction of sp³-hybridized carbons (Fsp3) is 0.400. The maximum Gasteiger partial charge on any atom is 0.123 e. The molecule has 0 radical (unpaired) electrons. The largest absolute Gasteiger partial charge is 0.497 e. The molecule has 2 aromatic rings. The van der Waals surface area contributed by atoms with E-state index in [0.717, 1.165) is 36.7 Å². The zero-order valence-corrected chi connectivity index (χ0v) is 15.1. The second kappa shape index (κ2) is 8.87. The van der Waals surface area contributed by atoms with E-state index in [4.69, 9.17) is 18.9 Å². The molecule has 1 aliphatic heterocycles. The van der Waals surface area contributed by atoms with Gasteiger partial charge in [0.1, 0.15) is 35.8 Å². The summed E-state index contributed by atoms with van der Waals surface area (Å²) in [5.74, 6) is 1.93. The molecule has 140 valence electrons. The Hall–Kier alpha value is -2.31. The van der Waals surface area contributed by atoms with Crippen molar-refractivity contribution in [3.63, 3.8) is 0 Å². The first kappa shape index (κ1) is 18.5. The van der Waals surface area contributed by atoms with Crippen molar-refractivity contribution in [2.24, 2.45) is 0 Å². The van der Waals surface area contributed by atoms with Crippen LogP contribution >= 0.6 is 0 Å². The maximum absolute atomic E-state index is 12.9. The minimum atomic E-state index is -0.272. The van der Waals surface area contributed by atoms with Crippen LogP contribution in [0.25, 0.3) is 0 Å². The van der Waals surface area contributed by atoms with Crippen LogP contribution in [-0.4, -0.2) is 51.5 Å². The molecule has 0 N–H and O–H groups in total. The molecule has 0 spiro atoms. The van der Waals surface area contributed by atoms with Gasteiger partial charge in [-0.2, -0.15) is 0 Å². The summed E-state index contributed by atoms with van der Waals surface area (Å²) in [6.45, 7) is 3.49. The molecule has 0 saturated carbocycles. The van der Waals surface area contributed by atoms with Gasteiger partial charge in [0.05, 0.1) is 20.8 Å². The molecular weight excluding hydrogens is 337 g/mol. The molecule has 0 aromatic heterocycles. The summed E-state index contributed by atoms with van der Waals surface area (Å²) in [6, 6.07) is 11.9. The second-order valence-electron chi connectivity index (χ2n) is 6.21. The van der Waals surface area contributed by atoms with Crippen molar-refractivity contribution >= 4 is 0 Å². The van der Waals surface area contributed by atoms with E-state index in [1.165, 1.54) is 12.1 Å². The number of methoxy groups -OCH3 is 2. The lowest BCUT2D eigenvalue weighted by molar-refractivity contribution is -0.0504. The van der Waals surface area contributed by atoms with Crippen LogP contribution in [0, 0.1) is 5.82 Å². The highest BCUT2D eigenvalue weighted by molar-refractivity contribution is 5.38. The standard InChI is InChI=1S/C20H24FNO4/c1-23-18-9-15(10-19(11-18)24-2)12-22-7-8-25-20(13-22)14-26-17-5-3-16(21)4-6-17/h3-6,9-11,20H,7-8,12-14H2,1-2H3. The Bertz CT molecular complexity index is 685. The van der Waals surface area contributed by atoms with E-state index in [-0.39, 0.29) is 11.9 Å². The first-order valence-electron chi connectivity index (χ1n) is 8.60. The molecule has 2 aromatic carbocycles. The van der Waals surface area contributed by atoms with E-state index in [0.29, 0.717) is 19.0 Å². The minimum Gasteiger partial charge on any atom is -0.497 e. The first-order valence-corrected chi connectivity index (χ1v) is 8.60. The SMILES string of the molecule is COc1cc(CN2CCOC(COc3ccc(F)cc3)C2)cc(OC)c1. The molecule has 0 amide bonds. The number of ether oxygens (including phenoxy) is 4. The Morgan fingerprint density at radius 2 is 1.73 bits per heavy atom. The topological polar surface area (TPSA) is 40.2 Å². The Labute approximate surface area is 153 Å². The monoisotopic (exact) mass is 361 g/mol. The van der Waals surface area contributed by atoms with Gasteiger partial charge >= 0.3 is 0 Å². The van der Waals surface area contributed by atoms with Crippen molar-refractivity contribution < 1.29 is 23.3 Å². The van der Waals surface area contributed by atoms with Crippen molar-refractivity contribution in [3.8, 4) is 17.2 Å². The van der Waals surface area contributed by atoms with Gasteiger partial charge in [-0.05, 0) is 42.0 Å². The first-order chi connectivity index (χ1) is 12.7. The predicted molar refractivity (Wildman–Crippen MR) is 96.5 cm³/mol. The molecule has 1 saturated heterocycles. The molecule has 0 bridgehead atoms. The fourth-order valence-electron chi connectivity index (χ4n) is 2.96. The van der Waals surface area contributed by atoms with E-state index in [1.807, 2.05) is 18.2 Å². The summed E-state index contributed by atoms with van der Waals surface area (Å²) >= 11 is 0. The van der Waals surface area contributed by atoms with Crippen LogP contribution in [0.15, 0.2) is 42.5 Å². The van der Waals surface area contributed by atoms with Crippen LogP contribution in [0.5, 0.6) is 17.2 Å². The van der Waals surface area contributed by atoms with Crippen LogP contribution < -0.4 is 14.2 Å². The van der Waals surface area contributed by atoms with E-state index >= 15 is 0 Å². The summed E-state index contributed by atoms with van der Waals surface area (Å²) in [5.41, 5.74) is 1.13. The molecule has 1 fully saturated rings. The lowest BCUT2D eigenvalue weighted by Crippen LogP contribution is -2.44. The van der Waals surface area contributed by atoms with Gasteiger partial charge in [-0.1, -0.05) is 0 Å². The Morgan fingerprint density at radius 3 is 2.38 bits per heavy atom. The molecular formula is C20H24FNO4. The van der Waals surface area contributed by atoms with Crippen LogP contribution in [0.3, 0.4) is 0 Å². The summed E-state index contributed by atoms with van der Waals surface area (Å²) in [4.78, 5) is 2.32. The van der Waals surface area contributed by atoms with Gasteiger partial charge in [0.2, 0.25) is 0 Å². The molecule has 0 aliphatic carbocycles. The molecule has 1 unspecified atom stereocenters. The maximum atomic E-state index is 12.9. The van der Waals surface area contributed by atoms with Crippen LogP contribution in [0.4, 0.5) is 4.39 Å². The third-order valence-electron chi connectivity index (χ3n) is 4.29. The average molecular weight is 361 g/mol. The van der Waals surface area contributed by atoms with Gasteiger partial charge in [0, 0.05) is 25.7 Å². The van der Waals surface area contributed by atoms with Gasteiger partial charge in [-0.25, -0.2) is 4.39 Å². The average Bonchev–Trinajstić information content (AvgIpc) is 2.67. The number of morpholine rings is 1. The zero-order valence-electron chi connectivity index (χ0n) is 15.1. The Balaban J connectivity index is 1.55. The second-order valence-corrected chi connectivity index (χ2v) is 6.21. The van der Waals surface area contributed by atoms with Crippen molar-refractivity contribution in [2.75, 3.05) is 40.5 Å². The third kappa shape index (κ3) is 5.09. The van der Waals surface area contributed by atoms with Gasteiger partial charge in [-0.15, -0.1) is 0 Å². The van der Waals surface area contributed by atoms with Crippen LogP contribution in [0.2, 0.25) is 0 Å². The highest BCUT2D eigenvalue weighted by Gasteiger charge is 2.21. The Kier molecular flexibility index (Phi) is 6.30. The minimum absolute atomic E-state index is 0.0266. The predicted octanol–water partition coefficient (Wildman–Crippen LogP) is 3.12. The lowest BCUT2D eigenvalue weighted by Gasteiger charge is -2.32. The molecule has 6 heteroatoms. The third-order valence-corrected chi connectivity index (χ3v) is 4.29. The van der Waals surface area contributed by atoms with Crippen molar-refractivity contribution in [2.45, 2.75) is 12.6 Å². The molecule has 3 rings (SSSR count). The quantitative estimate of drug-likeness (QED) is 0.758. The molecule has 5 nitrogen and oxygen atoms in total. The highest BCUT2D eigenvalue weighted by atomic mass is 19.1. The summed E-state index contributed by atoms with van der Waals surface area (Å²) in [5, 5.41) is 0. The summed E-state index contributed by atoms with van der Waals surface area (Å²) in [6.07, 6.45) is -0.0266. The number of nitrogens with zero attached hydrogens (tertiary/aromatic N) is 1. The fourth-order valence-corrected chi connectivity index (χ4v) is 2.96. The van der Waals surface area contributed by atoms with Gasteiger partial charge in [-0.3, -0.25) is 4.90 Å². The highest BCUT2D eigenvalue weighted by Crippen LogP contribution is 2.24. The number of hydrogen-bond acceptors (Lipinski definition) is 5. The van der Waals surface area contributed by atoms with Crippen molar-refractivity contribution in [1.29, 1.82) is 0 Å². The number of benzene rings is 2. The summed E-state index contributed by atoms with van der Waals surface area (Å²) in [7, 11) is 3.30. The van der Waals surface area contributed by atoms with E-state index in [9.17, 15) is 4.39 Å². The van der Waals surface area contributed by atoms with Gasteiger partial charge in [0.25, 0.3) is 0 Å². The molecule has 1 aliphatic rings. The Morgan fingerprint density at radius 1 is 1.04 bits per heavy atom. The molecule has 1 atom stereocenters. The van der Waals surface area contributed by atoms with Gasteiger partial charge < -0.3 is 18.9 Å². The number of rotatable bonds is 7. The molecule has 1 heterocycles. The number of hydrogen-bond donors (Lipinski definition) is 0.